The standard InChI is InChI=1S/C17H24N2O/c1-12(11-13-3-2-4-13)18-15-7-5-14(6-8-15)17(20)19-16-9-10-16/h5-8,12-13,16,18H,2-4,9-11H2,1H3,(H,19,20). The molecule has 0 spiro atoms. The molecule has 3 nitrogen and oxygen atoms in total. The molecule has 0 heterocycles. The first-order valence-electron chi connectivity index (χ1n) is 7.88. The number of anilines is 1. The average Bonchev–Trinajstić information content (AvgIpc) is 3.19. The van der Waals surface area contributed by atoms with Crippen molar-refractivity contribution in [1.29, 1.82) is 0 Å². The minimum atomic E-state index is 0.0570. The first-order valence-corrected chi connectivity index (χ1v) is 7.88. The summed E-state index contributed by atoms with van der Waals surface area (Å²) in [5.74, 6) is 0.975. The molecule has 20 heavy (non-hydrogen) atoms. The highest BCUT2D eigenvalue weighted by molar-refractivity contribution is 5.94. The van der Waals surface area contributed by atoms with Crippen LogP contribution in [-0.4, -0.2) is 18.0 Å². The molecular weight excluding hydrogens is 248 g/mol. The molecule has 0 aliphatic heterocycles. The summed E-state index contributed by atoms with van der Waals surface area (Å²) in [6.07, 6.45) is 7.71. The second-order valence-corrected chi connectivity index (χ2v) is 6.40. The summed E-state index contributed by atoms with van der Waals surface area (Å²) in [4.78, 5) is 11.9. The van der Waals surface area contributed by atoms with Gasteiger partial charge in [-0.15, -0.1) is 0 Å². The van der Waals surface area contributed by atoms with Crippen molar-refractivity contribution in [2.75, 3.05) is 5.32 Å². The van der Waals surface area contributed by atoms with Gasteiger partial charge in [-0.05, 0) is 56.4 Å². The minimum Gasteiger partial charge on any atom is -0.383 e. The van der Waals surface area contributed by atoms with E-state index in [1.165, 1.54) is 25.7 Å². The molecule has 0 bridgehead atoms. The lowest BCUT2D eigenvalue weighted by Crippen LogP contribution is -2.25. The molecule has 0 radical (unpaired) electrons. The molecule has 2 aliphatic carbocycles. The lowest BCUT2D eigenvalue weighted by atomic mass is 9.81. The van der Waals surface area contributed by atoms with Gasteiger partial charge in [-0.3, -0.25) is 4.79 Å². The van der Waals surface area contributed by atoms with Gasteiger partial charge in [0, 0.05) is 23.3 Å². The maximum atomic E-state index is 11.9. The van der Waals surface area contributed by atoms with Crippen LogP contribution in [0.25, 0.3) is 0 Å². The molecule has 2 aliphatic rings. The molecule has 2 saturated carbocycles. The average molecular weight is 272 g/mol. The fourth-order valence-corrected chi connectivity index (χ4v) is 2.79. The molecule has 3 rings (SSSR count). The van der Waals surface area contributed by atoms with Crippen molar-refractivity contribution in [2.45, 2.75) is 57.5 Å². The Bertz CT molecular complexity index is 460. The molecule has 0 aromatic heterocycles. The van der Waals surface area contributed by atoms with E-state index >= 15 is 0 Å². The Labute approximate surface area is 121 Å². The number of benzene rings is 1. The third-order valence-corrected chi connectivity index (χ3v) is 4.38. The second kappa shape index (κ2) is 5.86. The fourth-order valence-electron chi connectivity index (χ4n) is 2.79. The number of hydrogen-bond acceptors (Lipinski definition) is 2. The van der Waals surface area contributed by atoms with Gasteiger partial charge < -0.3 is 10.6 Å². The predicted molar refractivity (Wildman–Crippen MR) is 82.0 cm³/mol. The van der Waals surface area contributed by atoms with Crippen molar-refractivity contribution in [3.05, 3.63) is 29.8 Å². The van der Waals surface area contributed by atoms with Gasteiger partial charge in [0.1, 0.15) is 0 Å². The van der Waals surface area contributed by atoms with E-state index < -0.39 is 0 Å². The Hall–Kier alpha value is -1.51. The number of carbonyl (C=O) groups excluding carboxylic acids is 1. The van der Waals surface area contributed by atoms with Gasteiger partial charge >= 0.3 is 0 Å². The summed E-state index contributed by atoms with van der Waals surface area (Å²) in [5.41, 5.74) is 1.87. The van der Waals surface area contributed by atoms with Crippen molar-refractivity contribution < 1.29 is 4.79 Å². The quantitative estimate of drug-likeness (QED) is 0.831. The molecule has 1 unspecified atom stereocenters. The molecule has 2 fully saturated rings. The number of rotatable bonds is 6. The highest BCUT2D eigenvalue weighted by atomic mass is 16.1. The Balaban J connectivity index is 1.50. The van der Waals surface area contributed by atoms with Gasteiger partial charge in [0.25, 0.3) is 5.91 Å². The molecular formula is C17H24N2O. The third kappa shape index (κ3) is 3.53. The van der Waals surface area contributed by atoms with Crippen molar-refractivity contribution in [3.63, 3.8) is 0 Å². The van der Waals surface area contributed by atoms with E-state index in [1.807, 2.05) is 24.3 Å². The SMILES string of the molecule is CC(CC1CCC1)Nc1ccc(C(=O)NC2CC2)cc1. The Morgan fingerprint density at radius 2 is 1.90 bits per heavy atom. The topological polar surface area (TPSA) is 41.1 Å². The molecule has 0 saturated heterocycles. The van der Waals surface area contributed by atoms with Crippen LogP contribution in [0.2, 0.25) is 0 Å². The highest BCUT2D eigenvalue weighted by Gasteiger charge is 2.23. The van der Waals surface area contributed by atoms with E-state index in [0.29, 0.717) is 12.1 Å². The minimum absolute atomic E-state index is 0.0570. The van der Waals surface area contributed by atoms with E-state index in [9.17, 15) is 4.79 Å². The second-order valence-electron chi connectivity index (χ2n) is 6.40. The van der Waals surface area contributed by atoms with Gasteiger partial charge in [0.15, 0.2) is 0 Å². The van der Waals surface area contributed by atoms with Crippen molar-refractivity contribution >= 4 is 11.6 Å². The Kier molecular flexibility index (Phi) is 3.95. The zero-order valence-corrected chi connectivity index (χ0v) is 12.2. The molecule has 1 aromatic carbocycles. The van der Waals surface area contributed by atoms with Crippen LogP contribution in [-0.2, 0) is 0 Å². The maximum Gasteiger partial charge on any atom is 0.251 e. The lowest BCUT2D eigenvalue weighted by molar-refractivity contribution is 0.0951. The Morgan fingerprint density at radius 1 is 1.20 bits per heavy atom. The van der Waals surface area contributed by atoms with E-state index in [0.717, 1.165) is 30.0 Å². The molecule has 108 valence electrons. The summed E-state index contributed by atoms with van der Waals surface area (Å²) >= 11 is 0. The number of amides is 1. The summed E-state index contributed by atoms with van der Waals surface area (Å²) in [6.45, 7) is 2.24. The Morgan fingerprint density at radius 3 is 2.45 bits per heavy atom. The van der Waals surface area contributed by atoms with Crippen LogP contribution in [0.4, 0.5) is 5.69 Å². The van der Waals surface area contributed by atoms with Crippen LogP contribution in [0, 0.1) is 5.92 Å². The molecule has 1 aromatic rings. The number of hydrogen-bond donors (Lipinski definition) is 2. The molecule has 1 atom stereocenters. The van der Waals surface area contributed by atoms with Crippen LogP contribution in [0.15, 0.2) is 24.3 Å². The summed E-state index contributed by atoms with van der Waals surface area (Å²) in [5, 5.41) is 6.54. The smallest absolute Gasteiger partial charge is 0.251 e. The number of carbonyl (C=O) groups is 1. The van der Waals surface area contributed by atoms with Crippen LogP contribution in [0.3, 0.4) is 0 Å². The summed E-state index contributed by atoms with van der Waals surface area (Å²) in [7, 11) is 0. The van der Waals surface area contributed by atoms with Gasteiger partial charge in [-0.2, -0.15) is 0 Å². The summed E-state index contributed by atoms with van der Waals surface area (Å²) < 4.78 is 0. The fraction of sp³-hybridized carbons (Fsp3) is 0.588. The van der Waals surface area contributed by atoms with Gasteiger partial charge in [0.2, 0.25) is 0 Å². The van der Waals surface area contributed by atoms with E-state index in [-0.39, 0.29) is 5.91 Å². The number of nitrogens with one attached hydrogen (secondary N) is 2. The lowest BCUT2D eigenvalue weighted by Gasteiger charge is -2.28. The van der Waals surface area contributed by atoms with Crippen LogP contribution in [0.5, 0.6) is 0 Å². The van der Waals surface area contributed by atoms with Crippen molar-refractivity contribution in [2.24, 2.45) is 5.92 Å². The molecule has 2 N–H and O–H groups in total. The van der Waals surface area contributed by atoms with Crippen LogP contribution in [0.1, 0.15) is 55.8 Å². The van der Waals surface area contributed by atoms with Gasteiger partial charge in [-0.1, -0.05) is 19.3 Å². The zero-order chi connectivity index (χ0) is 13.9. The third-order valence-electron chi connectivity index (χ3n) is 4.38. The normalized spacial score (nSPS) is 20.1. The van der Waals surface area contributed by atoms with Crippen molar-refractivity contribution in [1.82, 2.24) is 5.32 Å². The van der Waals surface area contributed by atoms with Crippen LogP contribution < -0.4 is 10.6 Å². The molecule has 1 amide bonds. The van der Waals surface area contributed by atoms with Crippen LogP contribution >= 0.6 is 0 Å². The zero-order valence-electron chi connectivity index (χ0n) is 12.2. The maximum absolute atomic E-state index is 11.9. The largest absolute Gasteiger partial charge is 0.383 e. The van der Waals surface area contributed by atoms with E-state index in [2.05, 4.69) is 17.6 Å². The monoisotopic (exact) mass is 272 g/mol. The predicted octanol–water partition coefficient (Wildman–Crippen LogP) is 3.57. The first kappa shape index (κ1) is 13.5. The van der Waals surface area contributed by atoms with Crippen molar-refractivity contribution in [3.8, 4) is 0 Å². The molecule has 3 heteroatoms. The highest BCUT2D eigenvalue weighted by Crippen LogP contribution is 2.31. The van der Waals surface area contributed by atoms with E-state index in [1.54, 1.807) is 0 Å². The van der Waals surface area contributed by atoms with Gasteiger partial charge in [-0.25, -0.2) is 0 Å². The van der Waals surface area contributed by atoms with Gasteiger partial charge in [0.05, 0.1) is 0 Å². The summed E-state index contributed by atoms with van der Waals surface area (Å²) in [6, 6.07) is 8.78. The first-order chi connectivity index (χ1) is 9.70. The van der Waals surface area contributed by atoms with E-state index in [4.69, 9.17) is 0 Å².